The summed E-state index contributed by atoms with van der Waals surface area (Å²) in [7, 11) is 1.73. The Hall–Kier alpha value is -0.810. The number of hydrogen-bond donors (Lipinski definition) is 1. The van der Waals surface area contributed by atoms with Crippen LogP contribution in [0.2, 0.25) is 0 Å². The predicted octanol–water partition coefficient (Wildman–Crippen LogP) is 3.26. The molecule has 0 aliphatic heterocycles. The molecule has 1 aromatic carbocycles. The molecule has 1 rings (SSSR count). The van der Waals surface area contributed by atoms with Crippen molar-refractivity contribution < 1.29 is 8.78 Å². The molecule has 19 heavy (non-hydrogen) atoms. The smallest absolute Gasteiger partial charge is 0.149 e. The Morgan fingerprint density at radius 3 is 2.37 bits per heavy atom. The number of nitrogens with zero attached hydrogens (tertiary/aromatic N) is 1. The number of anilines is 1. The third-order valence-corrected chi connectivity index (χ3v) is 3.89. The van der Waals surface area contributed by atoms with Gasteiger partial charge in [-0.1, -0.05) is 6.92 Å². The monoisotopic (exact) mass is 288 g/mol. The van der Waals surface area contributed by atoms with Crippen LogP contribution in [0.3, 0.4) is 0 Å². The maximum atomic E-state index is 14.1. The van der Waals surface area contributed by atoms with Gasteiger partial charge in [0, 0.05) is 25.4 Å². The lowest BCUT2D eigenvalue weighted by molar-refractivity contribution is 0.562. The Bertz CT molecular complexity index is 389. The van der Waals surface area contributed by atoms with E-state index in [-0.39, 0.29) is 11.7 Å². The largest absolute Gasteiger partial charge is 0.366 e. The van der Waals surface area contributed by atoms with Crippen LogP contribution < -0.4 is 10.2 Å². The molecule has 0 heterocycles. The molecular formula is C14H22F2N2S. The summed E-state index contributed by atoms with van der Waals surface area (Å²) in [5.41, 5.74) is 0.688. The summed E-state index contributed by atoms with van der Waals surface area (Å²) >= 11 is 1.66. The average Bonchev–Trinajstić information content (AvgIpc) is 2.35. The van der Waals surface area contributed by atoms with E-state index in [1.165, 1.54) is 12.1 Å². The van der Waals surface area contributed by atoms with E-state index < -0.39 is 11.6 Å². The van der Waals surface area contributed by atoms with Gasteiger partial charge in [-0.25, -0.2) is 8.78 Å². The average molecular weight is 288 g/mol. The molecule has 1 aromatic rings. The van der Waals surface area contributed by atoms with Crippen molar-refractivity contribution in [2.24, 2.45) is 0 Å². The normalized spacial score (nSPS) is 12.5. The molecule has 2 nitrogen and oxygen atoms in total. The van der Waals surface area contributed by atoms with E-state index in [4.69, 9.17) is 0 Å². The van der Waals surface area contributed by atoms with Gasteiger partial charge in [-0.15, -0.1) is 0 Å². The van der Waals surface area contributed by atoms with Crippen molar-refractivity contribution in [3.8, 4) is 0 Å². The molecule has 1 unspecified atom stereocenters. The highest BCUT2D eigenvalue weighted by Gasteiger charge is 2.19. The first-order valence-corrected chi connectivity index (χ1v) is 7.81. The van der Waals surface area contributed by atoms with Crippen molar-refractivity contribution in [3.05, 3.63) is 29.3 Å². The van der Waals surface area contributed by atoms with Crippen LogP contribution in [-0.2, 0) is 6.54 Å². The second-order valence-electron chi connectivity index (χ2n) is 4.60. The molecular weight excluding hydrogens is 266 g/mol. The molecule has 0 aliphatic rings. The maximum absolute atomic E-state index is 14.1. The van der Waals surface area contributed by atoms with Gasteiger partial charge in [0.05, 0.1) is 0 Å². The van der Waals surface area contributed by atoms with Gasteiger partial charge in [0.15, 0.2) is 0 Å². The predicted molar refractivity (Wildman–Crippen MR) is 80.0 cm³/mol. The highest BCUT2D eigenvalue weighted by molar-refractivity contribution is 7.98. The Morgan fingerprint density at radius 1 is 1.32 bits per heavy atom. The third-order valence-electron chi connectivity index (χ3n) is 3.08. The van der Waals surface area contributed by atoms with Gasteiger partial charge in [0.25, 0.3) is 0 Å². The van der Waals surface area contributed by atoms with E-state index in [2.05, 4.69) is 5.32 Å². The van der Waals surface area contributed by atoms with E-state index >= 15 is 0 Å². The highest BCUT2D eigenvalue weighted by Crippen LogP contribution is 2.26. The minimum Gasteiger partial charge on any atom is -0.366 e. The molecule has 0 saturated carbocycles. The van der Waals surface area contributed by atoms with Crippen molar-refractivity contribution >= 4 is 17.4 Å². The van der Waals surface area contributed by atoms with E-state index in [9.17, 15) is 8.78 Å². The number of benzene rings is 1. The lowest BCUT2D eigenvalue weighted by Gasteiger charge is -2.27. The fourth-order valence-corrected chi connectivity index (χ4v) is 2.61. The second kappa shape index (κ2) is 7.70. The molecule has 0 fully saturated rings. The number of rotatable bonds is 7. The topological polar surface area (TPSA) is 15.3 Å². The summed E-state index contributed by atoms with van der Waals surface area (Å²) in [6, 6.07) is 2.89. The van der Waals surface area contributed by atoms with Crippen LogP contribution in [0.4, 0.5) is 14.5 Å². The van der Waals surface area contributed by atoms with Gasteiger partial charge >= 0.3 is 0 Å². The van der Waals surface area contributed by atoms with Crippen LogP contribution in [0.1, 0.15) is 19.4 Å². The SMILES string of the molecule is CCNCc1cc(F)c(N(C)C(C)CSC)c(F)c1. The Morgan fingerprint density at radius 2 is 1.89 bits per heavy atom. The third kappa shape index (κ3) is 4.35. The fourth-order valence-electron chi connectivity index (χ4n) is 1.90. The minimum absolute atomic E-state index is 0.0572. The standard InChI is InChI=1S/C14H22F2N2S/c1-5-17-8-11-6-12(15)14(13(16)7-11)18(3)10(2)9-19-4/h6-7,10,17H,5,8-9H2,1-4H3. The van der Waals surface area contributed by atoms with Crippen LogP contribution in [-0.4, -0.2) is 31.6 Å². The molecule has 0 spiro atoms. The van der Waals surface area contributed by atoms with Crippen molar-refractivity contribution in [3.63, 3.8) is 0 Å². The highest BCUT2D eigenvalue weighted by atomic mass is 32.2. The van der Waals surface area contributed by atoms with Crippen LogP contribution in [0.25, 0.3) is 0 Å². The molecule has 1 N–H and O–H groups in total. The lowest BCUT2D eigenvalue weighted by Crippen LogP contribution is -2.32. The zero-order valence-corrected chi connectivity index (χ0v) is 12.8. The summed E-state index contributed by atoms with van der Waals surface area (Å²) in [6.07, 6.45) is 1.98. The van der Waals surface area contributed by atoms with E-state index in [1.54, 1.807) is 23.7 Å². The van der Waals surface area contributed by atoms with Crippen molar-refractivity contribution in [2.45, 2.75) is 26.4 Å². The molecule has 0 amide bonds. The molecule has 0 radical (unpaired) electrons. The molecule has 108 valence electrons. The summed E-state index contributed by atoms with van der Waals surface area (Å²) in [5, 5.41) is 3.06. The zero-order chi connectivity index (χ0) is 14.4. The summed E-state index contributed by atoms with van der Waals surface area (Å²) in [6.45, 7) is 5.17. The Kier molecular flexibility index (Phi) is 6.58. The molecule has 1 atom stereocenters. The van der Waals surface area contributed by atoms with E-state index in [0.717, 1.165) is 12.3 Å². The fraction of sp³-hybridized carbons (Fsp3) is 0.571. The second-order valence-corrected chi connectivity index (χ2v) is 5.51. The summed E-state index contributed by atoms with van der Waals surface area (Å²) in [5.74, 6) is -0.166. The van der Waals surface area contributed by atoms with Crippen molar-refractivity contribution in [1.29, 1.82) is 0 Å². The lowest BCUT2D eigenvalue weighted by atomic mass is 10.1. The van der Waals surface area contributed by atoms with Gasteiger partial charge < -0.3 is 10.2 Å². The van der Waals surface area contributed by atoms with Gasteiger partial charge in [-0.3, -0.25) is 0 Å². The van der Waals surface area contributed by atoms with Gasteiger partial charge in [-0.05, 0) is 37.4 Å². The van der Waals surface area contributed by atoms with Crippen molar-refractivity contribution in [1.82, 2.24) is 5.32 Å². The van der Waals surface area contributed by atoms with Crippen LogP contribution in [0.5, 0.6) is 0 Å². The van der Waals surface area contributed by atoms with Crippen LogP contribution >= 0.6 is 11.8 Å². The van der Waals surface area contributed by atoms with Gasteiger partial charge in [-0.2, -0.15) is 11.8 Å². The van der Waals surface area contributed by atoms with E-state index in [1.807, 2.05) is 20.1 Å². The molecule has 0 saturated heterocycles. The van der Waals surface area contributed by atoms with Gasteiger partial charge in [0.2, 0.25) is 0 Å². The first-order valence-electron chi connectivity index (χ1n) is 6.41. The number of thioether (sulfide) groups is 1. The first kappa shape index (κ1) is 16.2. The maximum Gasteiger partial charge on any atom is 0.149 e. The quantitative estimate of drug-likeness (QED) is 0.829. The molecule has 0 bridgehead atoms. The number of hydrogen-bond acceptors (Lipinski definition) is 3. The molecule has 0 aromatic heterocycles. The van der Waals surface area contributed by atoms with Crippen LogP contribution in [0.15, 0.2) is 12.1 Å². The summed E-state index contributed by atoms with van der Waals surface area (Å²) in [4.78, 5) is 1.66. The molecule has 5 heteroatoms. The number of halogens is 2. The Balaban J connectivity index is 2.95. The number of nitrogens with one attached hydrogen (secondary N) is 1. The summed E-state index contributed by atoms with van der Waals surface area (Å²) < 4.78 is 28.1. The first-order chi connectivity index (χ1) is 9.01. The Labute approximate surface area is 118 Å². The van der Waals surface area contributed by atoms with Crippen LogP contribution in [0, 0.1) is 11.6 Å². The van der Waals surface area contributed by atoms with Gasteiger partial charge in [0.1, 0.15) is 17.3 Å². The zero-order valence-electron chi connectivity index (χ0n) is 12.0. The van der Waals surface area contributed by atoms with E-state index in [0.29, 0.717) is 12.1 Å². The molecule has 0 aliphatic carbocycles. The van der Waals surface area contributed by atoms with Crippen molar-refractivity contribution in [2.75, 3.05) is 30.5 Å². The minimum atomic E-state index is -0.497.